The summed E-state index contributed by atoms with van der Waals surface area (Å²) >= 11 is 0. The highest BCUT2D eigenvalue weighted by Crippen LogP contribution is 2.36. The molecule has 1 aliphatic carbocycles. The fourth-order valence-electron chi connectivity index (χ4n) is 2.96. The molecule has 1 aromatic rings. The van der Waals surface area contributed by atoms with Crippen molar-refractivity contribution in [2.24, 2.45) is 0 Å². The van der Waals surface area contributed by atoms with E-state index < -0.39 is 0 Å². The summed E-state index contributed by atoms with van der Waals surface area (Å²) in [6, 6.07) is 7.08. The second-order valence-corrected chi connectivity index (χ2v) is 5.23. The summed E-state index contributed by atoms with van der Waals surface area (Å²) in [5.74, 6) is 1.05. The third-order valence-electron chi connectivity index (χ3n) is 4.02. The van der Waals surface area contributed by atoms with Crippen molar-refractivity contribution < 1.29 is 4.74 Å². The lowest BCUT2D eigenvalue weighted by atomic mass is 10.0. The molecule has 1 N–H and O–H groups in total. The molecular weight excluding hydrogens is 210 g/mol. The number of anilines is 1. The number of aryl methyl sites for hydroxylation is 1. The Labute approximate surface area is 103 Å². The lowest BCUT2D eigenvalue weighted by molar-refractivity contribution is 0.160. The van der Waals surface area contributed by atoms with Crippen LogP contribution in [0, 0.1) is 0 Å². The number of rotatable bonds is 1. The highest BCUT2D eigenvalue weighted by atomic mass is 16.5. The minimum Gasteiger partial charge on any atom is -0.486 e. The third-order valence-corrected chi connectivity index (χ3v) is 4.02. The Kier molecular flexibility index (Phi) is 2.96. The van der Waals surface area contributed by atoms with Crippen LogP contribution in [0.3, 0.4) is 0 Å². The Morgan fingerprint density at radius 1 is 1.24 bits per heavy atom. The van der Waals surface area contributed by atoms with Crippen molar-refractivity contribution in [2.45, 2.75) is 57.6 Å². The highest BCUT2D eigenvalue weighted by Gasteiger charge is 2.30. The number of fused-ring (bicyclic) bond motifs is 2. The quantitative estimate of drug-likeness (QED) is 0.794. The molecule has 2 heteroatoms. The van der Waals surface area contributed by atoms with E-state index in [1.807, 2.05) is 0 Å². The molecule has 0 spiro atoms. The minimum atomic E-state index is 0.387. The summed E-state index contributed by atoms with van der Waals surface area (Å²) in [7, 11) is 0. The highest BCUT2D eigenvalue weighted by molar-refractivity contribution is 5.60. The molecule has 0 radical (unpaired) electrons. The van der Waals surface area contributed by atoms with E-state index in [1.54, 1.807) is 0 Å². The largest absolute Gasteiger partial charge is 0.486 e. The Balaban J connectivity index is 1.87. The van der Waals surface area contributed by atoms with Crippen LogP contribution >= 0.6 is 0 Å². The molecule has 0 amide bonds. The maximum absolute atomic E-state index is 6.15. The van der Waals surface area contributed by atoms with Gasteiger partial charge in [0.2, 0.25) is 0 Å². The first-order chi connectivity index (χ1) is 8.36. The molecule has 2 aliphatic rings. The van der Waals surface area contributed by atoms with Crippen LogP contribution in [-0.4, -0.2) is 12.1 Å². The summed E-state index contributed by atoms with van der Waals surface area (Å²) in [4.78, 5) is 0. The Morgan fingerprint density at radius 3 is 3.00 bits per heavy atom. The van der Waals surface area contributed by atoms with Crippen molar-refractivity contribution in [2.75, 3.05) is 5.32 Å². The van der Waals surface area contributed by atoms with Crippen molar-refractivity contribution >= 4 is 5.69 Å². The summed E-state index contributed by atoms with van der Waals surface area (Å²) in [5.41, 5.74) is 2.58. The van der Waals surface area contributed by atoms with Crippen LogP contribution < -0.4 is 10.1 Å². The lowest BCUT2D eigenvalue weighted by Crippen LogP contribution is -2.40. The van der Waals surface area contributed by atoms with Crippen LogP contribution in [0.4, 0.5) is 5.69 Å². The Hall–Kier alpha value is -1.18. The standard InChI is InChI=1S/C15H21NO/c1-2-11-8-9-15-13(10-11)16-12-6-4-3-5-7-14(12)17-15/h8-10,12,14,16H,2-7H2,1H3. The number of benzene rings is 1. The van der Waals surface area contributed by atoms with E-state index in [1.165, 1.54) is 43.4 Å². The van der Waals surface area contributed by atoms with Crippen molar-refractivity contribution in [3.63, 3.8) is 0 Å². The first-order valence-electron chi connectivity index (χ1n) is 6.93. The van der Waals surface area contributed by atoms with Crippen LogP contribution in [0.2, 0.25) is 0 Å². The zero-order valence-corrected chi connectivity index (χ0v) is 10.5. The van der Waals surface area contributed by atoms with Crippen LogP contribution in [0.1, 0.15) is 44.6 Å². The van der Waals surface area contributed by atoms with Gasteiger partial charge in [-0.25, -0.2) is 0 Å². The number of nitrogens with one attached hydrogen (secondary N) is 1. The van der Waals surface area contributed by atoms with Gasteiger partial charge in [0.15, 0.2) is 0 Å². The molecule has 0 aromatic heterocycles. The van der Waals surface area contributed by atoms with Gasteiger partial charge in [0, 0.05) is 0 Å². The van der Waals surface area contributed by atoms with Crippen molar-refractivity contribution in [1.82, 2.24) is 0 Å². The number of hydrogen-bond donors (Lipinski definition) is 1. The van der Waals surface area contributed by atoms with Crippen molar-refractivity contribution in [1.29, 1.82) is 0 Å². The fraction of sp³-hybridized carbons (Fsp3) is 0.600. The van der Waals surface area contributed by atoms with E-state index in [-0.39, 0.29) is 0 Å². The first kappa shape index (κ1) is 10.9. The van der Waals surface area contributed by atoms with Gasteiger partial charge in [0.25, 0.3) is 0 Å². The van der Waals surface area contributed by atoms with Gasteiger partial charge in [-0.2, -0.15) is 0 Å². The van der Waals surface area contributed by atoms with Gasteiger partial charge in [0.1, 0.15) is 11.9 Å². The second kappa shape index (κ2) is 4.59. The van der Waals surface area contributed by atoms with E-state index in [0.29, 0.717) is 12.1 Å². The van der Waals surface area contributed by atoms with E-state index in [9.17, 15) is 0 Å². The van der Waals surface area contributed by atoms with Crippen LogP contribution in [0.25, 0.3) is 0 Å². The molecule has 2 unspecified atom stereocenters. The minimum absolute atomic E-state index is 0.387. The molecule has 17 heavy (non-hydrogen) atoms. The zero-order valence-electron chi connectivity index (χ0n) is 10.5. The van der Waals surface area contributed by atoms with E-state index in [0.717, 1.165) is 12.2 Å². The zero-order chi connectivity index (χ0) is 11.7. The Bertz CT molecular complexity index is 402. The van der Waals surface area contributed by atoms with Gasteiger partial charge in [-0.05, 0) is 43.4 Å². The number of hydrogen-bond acceptors (Lipinski definition) is 2. The van der Waals surface area contributed by atoms with Crippen LogP contribution in [-0.2, 0) is 6.42 Å². The van der Waals surface area contributed by atoms with Crippen LogP contribution in [0.15, 0.2) is 18.2 Å². The first-order valence-corrected chi connectivity index (χ1v) is 6.93. The van der Waals surface area contributed by atoms with E-state index >= 15 is 0 Å². The maximum atomic E-state index is 6.15. The molecule has 1 fully saturated rings. The summed E-state index contributed by atoms with van der Waals surface area (Å²) in [6.07, 6.45) is 7.92. The van der Waals surface area contributed by atoms with Gasteiger partial charge in [-0.1, -0.05) is 25.8 Å². The molecule has 2 nitrogen and oxygen atoms in total. The average Bonchev–Trinajstić information content (AvgIpc) is 2.60. The Morgan fingerprint density at radius 2 is 2.12 bits per heavy atom. The molecule has 1 saturated carbocycles. The van der Waals surface area contributed by atoms with Crippen molar-refractivity contribution in [3.8, 4) is 5.75 Å². The molecule has 3 rings (SSSR count). The molecule has 0 bridgehead atoms. The van der Waals surface area contributed by atoms with E-state index in [4.69, 9.17) is 4.74 Å². The smallest absolute Gasteiger partial charge is 0.142 e. The molecule has 92 valence electrons. The topological polar surface area (TPSA) is 21.3 Å². The summed E-state index contributed by atoms with van der Waals surface area (Å²) in [6.45, 7) is 2.19. The molecular formula is C15H21NO. The van der Waals surface area contributed by atoms with Gasteiger partial charge >= 0.3 is 0 Å². The molecule has 1 aliphatic heterocycles. The second-order valence-electron chi connectivity index (χ2n) is 5.23. The van der Waals surface area contributed by atoms with Gasteiger partial charge in [-0.3, -0.25) is 0 Å². The molecule has 2 atom stereocenters. The predicted octanol–water partition coefficient (Wildman–Crippen LogP) is 3.75. The SMILES string of the molecule is CCc1ccc2c(c1)NC1CCCCCC1O2. The fourth-order valence-corrected chi connectivity index (χ4v) is 2.96. The molecule has 1 aromatic carbocycles. The van der Waals surface area contributed by atoms with Crippen molar-refractivity contribution in [3.05, 3.63) is 23.8 Å². The third kappa shape index (κ3) is 2.13. The lowest BCUT2D eigenvalue weighted by Gasteiger charge is -2.34. The monoisotopic (exact) mass is 231 g/mol. The number of ether oxygens (including phenoxy) is 1. The average molecular weight is 231 g/mol. The molecule has 0 saturated heterocycles. The van der Waals surface area contributed by atoms with Crippen LogP contribution in [0.5, 0.6) is 5.75 Å². The maximum Gasteiger partial charge on any atom is 0.142 e. The molecule has 1 heterocycles. The van der Waals surface area contributed by atoms with E-state index in [2.05, 4.69) is 30.4 Å². The van der Waals surface area contributed by atoms with Gasteiger partial charge in [-0.15, -0.1) is 0 Å². The predicted molar refractivity (Wildman–Crippen MR) is 70.7 cm³/mol. The van der Waals surface area contributed by atoms with Gasteiger partial charge in [0.05, 0.1) is 11.7 Å². The normalized spacial score (nSPS) is 27.1. The van der Waals surface area contributed by atoms with Gasteiger partial charge < -0.3 is 10.1 Å². The summed E-state index contributed by atoms with van der Waals surface area (Å²) in [5, 5.41) is 3.69. The summed E-state index contributed by atoms with van der Waals surface area (Å²) < 4.78 is 6.15.